The number of rotatable bonds is 5. The number of benzene rings is 2. The van der Waals surface area contributed by atoms with Crippen LogP contribution in [-0.4, -0.2) is 31.1 Å². The maximum atomic E-state index is 11.1. The molecule has 0 atom stereocenters. The van der Waals surface area contributed by atoms with Crippen LogP contribution in [0, 0.1) is 5.41 Å². The third-order valence-electron chi connectivity index (χ3n) is 6.30. The number of aromatic amines is 1. The highest BCUT2D eigenvalue weighted by atomic mass is 16.4. The Labute approximate surface area is 186 Å². The predicted molar refractivity (Wildman–Crippen MR) is 124 cm³/mol. The van der Waals surface area contributed by atoms with E-state index in [0.29, 0.717) is 0 Å². The summed E-state index contributed by atoms with van der Waals surface area (Å²) in [7, 11) is 0. The topological polar surface area (TPSA) is 83.8 Å². The van der Waals surface area contributed by atoms with E-state index in [2.05, 4.69) is 53.0 Å². The molecular formula is C26H26N4O2. The molecule has 2 heterocycles. The molecule has 1 aliphatic carbocycles. The monoisotopic (exact) mass is 426 g/mol. The number of aromatic nitrogens is 4. The van der Waals surface area contributed by atoms with Gasteiger partial charge in [-0.3, -0.25) is 9.78 Å². The van der Waals surface area contributed by atoms with Crippen LogP contribution in [0.3, 0.4) is 0 Å². The first-order valence-corrected chi connectivity index (χ1v) is 10.9. The van der Waals surface area contributed by atoms with Gasteiger partial charge < -0.3 is 5.11 Å². The second-order valence-electron chi connectivity index (χ2n) is 9.31. The summed E-state index contributed by atoms with van der Waals surface area (Å²) in [6, 6.07) is 19.2. The fourth-order valence-corrected chi connectivity index (χ4v) is 4.48. The van der Waals surface area contributed by atoms with Crippen molar-refractivity contribution in [1.29, 1.82) is 0 Å². The highest BCUT2D eigenvalue weighted by Crippen LogP contribution is 2.39. The maximum absolute atomic E-state index is 11.1. The Kier molecular flexibility index (Phi) is 4.93. The number of carboxylic acids is 1. The molecular weight excluding hydrogens is 400 g/mol. The van der Waals surface area contributed by atoms with Crippen molar-refractivity contribution in [2.45, 2.75) is 39.7 Å². The molecule has 0 bridgehead atoms. The average molecular weight is 427 g/mol. The fourth-order valence-electron chi connectivity index (χ4n) is 4.48. The van der Waals surface area contributed by atoms with Crippen molar-refractivity contribution >= 4 is 5.97 Å². The Morgan fingerprint density at radius 3 is 2.59 bits per heavy atom. The van der Waals surface area contributed by atoms with E-state index in [1.807, 2.05) is 12.1 Å². The summed E-state index contributed by atoms with van der Waals surface area (Å²) in [4.78, 5) is 11.1. The van der Waals surface area contributed by atoms with Gasteiger partial charge in [0, 0.05) is 16.8 Å². The van der Waals surface area contributed by atoms with Gasteiger partial charge in [0.05, 0.1) is 23.5 Å². The minimum Gasteiger partial charge on any atom is -0.478 e. The maximum Gasteiger partial charge on any atom is 0.335 e. The molecule has 32 heavy (non-hydrogen) atoms. The lowest BCUT2D eigenvalue weighted by Crippen LogP contribution is -2.24. The van der Waals surface area contributed by atoms with Crippen molar-refractivity contribution < 1.29 is 9.90 Å². The molecule has 0 saturated carbocycles. The van der Waals surface area contributed by atoms with Gasteiger partial charge in [0.2, 0.25) is 0 Å². The van der Waals surface area contributed by atoms with Gasteiger partial charge in [-0.25, -0.2) is 4.79 Å². The minimum atomic E-state index is -0.933. The summed E-state index contributed by atoms with van der Waals surface area (Å²) in [5.74, 6) is -0.933. The van der Waals surface area contributed by atoms with E-state index in [9.17, 15) is 4.79 Å². The molecule has 6 heteroatoms. The van der Waals surface area contributed by atoms with Gasteiger partial charge in [0.1, 0.15) is 5.69 Å². The highest BCUT2D eigenvalue weighted by Gasteiger charge is 2.31. The summed E-state index contributed by atoms with van der Waals surface area (Å²) in [6.07, 6.45) is 3.12. The number of carboxylic acid groups (broad SMARTS) is 1. The van der Waals surface area contributed by atoms with Crippen LogP contribution < -0.4 is 0 Å². The van der Waals surface area contributed by atoms with Crippen LogP contribution in [0.5, 0.6) is 0 Å². The van der Waals surface area contributed by atoms with Gasteiger partial charge in [-0.2, -0.15) is 10.2 Å². The molecule has 4 aromatic rings. The van der Waals surface area contributed by atoms with Crippen molar-refractivity contribution in [2.75, 3.05) is 0 Å². The zero-order chi connectivity index (χ0) is 22.3. The number of nitrogens with zero attached hydrogens (tertiary/aromatic N) is 3. The smallest absolute Gasteiger partial charge is 0.335 e. The second kappa shape index (κ2) is 7.79. The largest absolute Gasteiger partial charge is 0.478 e. The first kappa shape index (κ1) is 20.2. The molecule has 0 radical (unpaired) electrons. The van der Waals surface area contributed by atoms with Crippen LogP contribution in [0.1, 0.15) is 47.4 Å². The minimum absolute atomic E-state index is 0.254. The molecule has 2 N–H and O–H groups in total. The fraction of sp³-hybridized carbons (Fsp3) is 0.269. The van der Waals surface area contributed by atoms with Crippen molar-refractivity contribution in [3.8, 4) is 22.6 Å². The first-order chi connectivity index (χ1) is 15.4. The third-order valence-corrected chi connectivity index (χ3v) is 6.30. The Balaban J connectivity index is 1.52. The standard InChI is InChI=1S/C26H26N4O2/c1-26(2)13-12-20-23(15-26)30(16-17-6-4-3-5-7-17)29-24(20)22-14-21(27-28-22)18-8-10-19(11-9-18)25(31)32/h3-11,14H,12-13,15-16H2,1-2H3,(H,27,28)(H,31,32). The Bertz CT molecular complexity index is 1270. The van der Waals surface area contributed by atoms with Crippen molar-refractivity contribution in [3.63, 3.8) is 0 Å². The van der Waals surface area contributed by atoms with E-state index in [0.717, 1.165) is 48.5 Å². The van der Waals surface area contributed by atoms with Gasteiger partial charge >= 0.3 is 5.97 Å². The third kappa shape index (κ3) is 3.84. The molecule has 2 aromatic heterocycles. The molecule has 1 aliphatic rings. The Hall–Kier alpha value is -3.67. The molecule has 0 aliphatic heterocycles. The van der Waals surface area contributed by atoms with Crippen LogP contribution >= 0.6 is 0 Å². The number of carbonyl (C=O) groups is 1. The SMILES string of the molecule is CC1(C)CCc2c(-c3cc(-c4ccc(C(=O)O)cc4)n[nH]3)nn(Cc3ccccc3)c2C1. The predicted octanol–water partition coefficient (Wildman–Crippen LogP) is 5.20. The average Bonchev–Trinajstić information content (AvgIpc) is 3.39. The molecule has 162 valence electrons. The summed E-state index contributed by atoms with van der Waals surface area (Å²) in [6.45, 7) is 5.39. The second-order valence-corrected chi connectivity index (χ2v) is 9.31. The number of hydrogen-bond donors (Lipinski definition) is 2. The molecule has 2 aromatic carbocycles. The molecule has 5 rings (SSSR count). The van der Waals surface area contributed by atoms with Gasteiger partial charge in [-0.15, -0.1) is 0 Å². The summed E-state index contributed by atoms with van der Waals surface area (Å²) in [5, 5.41) is 21.8. The van der Waals surface area contributed by atoms with Gasteiger partial charge in [-0.1, -0.05) is 56.3 Å². The summed E-state index contributed by atoms with van der Waals surface area (Å²) in [5.41, 5.74) is 7.87. The van der Waals surface area contributed by atoms with Crippen molar-refractivity contribution in [3.05, 3.63) is 83.0 Å². The van der Waals surface area contributed by atoms with Crippen LogP contribution in [0.4, 0.5) is 0 Å². The van der Waals surface area contributed by atoms with E-state index in [1.54, 1.807) is 24.3 Å². The quantitative estimate of drug-likeness (QED) is 0.459. The summed E-state index contributed by atoms with van der Waals surface area (Å²) < 4.78 is 2.16. The lowest BCUT2D eigenvalue weighted by molar-refractivity contribution is 0.0697. The zero-order valence-corrected chi connectivity index (χ0v) is 18.3. The molecule has 6 nitrogen and oxygen atoms in total. The lowest BCUT2D eigenvalue weighted by Gasteiger charge is -2.30. The molecule has 0 fully saturated rings. The Morgan fingerprint density at radius 1 is 1.12 bits per heavy atom. The zero-order valence-electron chi connectivity index (χ0n) is 18.3. The molecule has 0 amide bonds. The van der Waals surface area contributed by atoms with E-state index >= 15 is 0 Å². The molecule has 0 spiro atoms. The number of nitrogens with one attached hydrogen (secondary N) is 1. The highest BCUT2D eigenvalue weighted by molar-refractivity contribution is 5.88. The van der Waals surface area contributed by atoms with Crippen LogP contribution in [0.2, 0.25) is 0 Å². The van der Waals surface area contributed by atoms with E-state index < -0.39 is 5.97 Å². The van der Waals surface area contributed by atoms with E-state index in [4.69, 9.17) is 10.2 Å². The number of H-pyrrole nitrogens is 1. The first-order valence-electron chi connectivity index (χ1n) is 10.9. The van der Waals surface area contributed by atoms with Gasteiger partial charge in [0.15, 0.2) is 0 Å². The van der Waals surface area contributed by atoms with Crippen molar-refractivity contribution in [2.24, 2.45) is 5.41 Å². The van der Waals surface area contributed by atoms with Gasteiger partial charge in [0.25, 0.3) is 0 Å². The lowest BCUT2D eigenvalue weighted by atomic mass is 9.76. The van der Waals surface area contributed by atoms with Crippen molar-refractivity contribution in [1.82, 2.24) is 20.0 Å². The van der Waals surface area contributed by atoms with Gasteiger partial charge in [-0.05, 0) is 48.4 Å². The van der Waals surface area contributed by atoms with E-state index in [1.165, 1.54) is 16.8 Å². The molecule has 0 unspecified atom stereocenters. The van der Waals surface area contributed by atoms with Crippen LogP contribution in [0.25, 0.3) is 22.6 Å². The van der Waals surface area contributed by atoms with Crippen LogP contribution in [-0.2, 0) is 19.4 Å². The molecule has 0 saturated heterocycles. The van der Waals surface area contributed by atoms with E-state index in [-0.39, 0.29) is 11.0 Å². The number of fused-ring (bicyclic) bond motifs is 1. The Morgan fingerprint density at radius 2 is 1.88 bits per heavy atom. The normalized spacial score (nSPS) is 14.8. The van der Waals surface area contributed by atoms with Crippen LogP contribution in [0.15, 0.2) is 60.7 Å². The number of hydrogen-bond acceptors (Lipinski definition) is 3. The number of aromatic carboxylic acids is 1. The summed E-state index contributed by atoms with van der Waals surface area (Å²) >= 11 is 0.